The number of nitriles is 1. The first kappa shape index (κ1) is 18.9. The quantitative estimate of drug-likeness (QED) is 0.513. The maximum absolute atomic E-state index is 12.1. The number of hydrogen-bond acceptors (Lipinski definition) is 7. The summed E-state index contributed by atoms with van der Waals surface area (Å²) in [5, 5.41) is 20.3. The van der Waals surface area contributed by atoms with E-state index in [9.17, 15) is 13.2 Å². The van der Waals surface area contributed by atoms with Crippen LogP contribution in [0.5, 0.6) is 5.75 Å². The predicted octanol–water partition coefficient (Wildman–Crippen LogP) is 1.27. The smallest absolute Gasteiger partial charge is 0.287 e. The van der Waals surface area contributed by atoms with Gasteiger partial charge in [-0.2, -0.15) is 10.4 Å². The van der Waals surface area contributed by atoms with Gasteiger partial charge in [0.25, 0.3) is 5.91 Å². The molecule has 0 saturated heterocycles. The fourth-order valence-electron chi connectivity index (χ4n) is 1.83. The molecular weight excluding hydrogens is 358 g/mol. The molecule has 4 N–H and O–H groups in total. The SMILES string of the molecule is COc1ccc(N/N=C(\C#N)C(=O)Nc2ccc(S(N)(=O)=O)cc2)cc1. The second-order valence-electron chi connectivity index (χ2n) is 4.94. The number of carbonyl (C=O) groups is 1. The van der Waals surface area contributed by atoms with E-state index in [1.807, 2.05) is 0 Å². The first-order valence-electron chi connectivity index (χ1n) is 7.15. The Bertz CT molecular complexity index is 961. The summed E-state index contributed by atoms with van der Waals surface area (Å²) in [5.41, 5.74) is 3.04. The molecule has 2 aromatic rings. The third kappa shape index (κ3) is 5.04. The van der Waals surface area contributed by atoms with E-state index in [0.29, 0.717) is 11.4 Å². The zero-order chi connectivity index (χ0) is 19.2. The molecule has 0 aliphatic rings. The minimum absolute atomic E-state index is 0.0918. The van der Waals surface area contributed by atoms with Crippen molar-refractivity contribution in [2.45, 2.75) is 4.90 Å². The van der Waals surface area contributed by atoms with Gasteiger partial charge in [-0.1, -0.05) is 0 Å². The van der Waals surface area contributed by atoms with Gasteiger partial charge in [-0.05, 0) is 48.5 Å². The van der Waals surface area contributed by atoms with Crippen molar-refractivity contribution in [3.63, 3.8) is 0 Å². The van der Waals surface area contributed by atoms with Crippen LogP contribution in [0.4, 0.5) is 11.4 Å². The van der Waals surface area contributed by atoms with Gasteiger partial charge in [-0.3, -0.25) is 10.2 Å². The van der Waals surface area contributed by atoms with Crippen LogP contribution in [0.15, 0.2) is 58.5 Å². The van der Waals surface area contributed by atoms with Gasteiger partial charge in [-0.15, -0.1) is 0 Å². The summed E-state index contributed by atoms with van der Waals surface area (Å²) >= 11 is 0. The maximum Gasteiger partial charge on any atom is 0.287 e. The van der Waals surface area contributed by atoms with E-state index in [4.69, 9.17) is 15.1 Å². The number of carbonyl (C=O) groups excluding carboxylic acids is 1. The number of benzene rings is 2. The second-order valence-corrected chi connectivity index (χ2v) is 6.50. The average molecular weight is 373 g/mol. The summed E-state index contributed by atoms with van der Waals surface area (Å²) < 4.78 is 27.4. The van der Waals surface area contributed by atoms with Gasteiger partial charge in [0.05, 0.1) is 17.7 Å². The van der Waals surface area contributed by atoms with Gasteiger partial charge >= 0.3 is 0 Å². The van der Waals surface area contributed by atoms with Gasteiger partial charge in [0, 0.05) is 5.69 Å². The van der Waals surface area contributed by atoms with Crippen LogP contribution >= 0.6 is 0 Å². The van der Waals surface area contributed by atoms with Crippen molar-refractivity contribution in [2.75, 3.05) is 17.9 Å². The first-order valence-corrected chi connectivity index (χ1v) is 8.70. The number of ether oxygens (including phenoxy) is 1. The van der Waals surface area contributed by atoms with Crippen molar-refractivity contribution in [3.05, 3.63) is 48.5 Å². The molecule has 0 fully saturated rings. The molecule has 2 rings (SSSR count). The lowest BCUT2D eigenvalue weighted by molar-refractivity contribution is -0.110. The predicted molar refractivity (Wildman–Crippen MR) is 96.1 cm³/mol. The number of hydrazone groups is 1. The van der Waals surface area contributed by atoms with Crippen molar-refractivity contribution >= 4 is 33.0 Å². The number of hydrogen-bond donors (Lipinski definition) is 3. The maximum atomic E-state index is 12.1. The Morgan fingerprint density at radius 2 is 1.69 bits per heavy atom. The van der Waals surface area contributed by atoms with Crippen LogP contribution in [0.3, 0.4) is 0 Å². The zero-order valence-corrected chi connectivity index (χ0v) is 14.4. The van der Waals surface area contributed by atoms with E-state index in [1.165, 1.54) is 31.4 Å². The van der Waals surface area contributed by atoms with Crippen molar-refractivity contribution in [1.29, 1.82) is 5.26 Å². The number of nitrogens with two attached hydrogens (primary N) is 1. The first-order chi connectivity index (χ1) is 12.3. The Morgan fingerprint density at radius 1 is 1.12 bits per heavy atom. The van der Waals surface area contributed by atoms with Crippen LogP contribution in [0.25, 0.3) is 0 Å². The minimum Gasteiger partial charge on any atom is -0.497 e. The van der Waals surface area contributed by atoms with Crippen LogP contribution in [0, 0.1) is 11.3 Å². The summed E-state index contributed by atoms with van der Waals surface area (Å²) in [7, 11) is -2.29. The molecule has 134 valence electrons. The second kappa shape index (κ2) is 8.11. The van der Waals surface area contributed by atoms with E-state index in [-0.39, 0.29) is 10.6 Å². The number of nitrogens with one attached hydrogen (secondary N) is 2. The van der Waals surface area contributed by atoms with Crippen molar-refractivity contribution < 1.29 is 17.9 Å². The summed E-state index contributed by atoms with van der Waals surface area (Å²) in [6, 6.07) is 13.6. The Kier molecular flexibility index (Phi) is 5.90. The highest BCUT2D eigenvalue weighted by Crippen LogP contribution is 2.15. The number of nitrogens with zero attached hydrogens (tertiary/aromatic N) is 2. The molecule has 10 heteroatoms. The lowest BCUT2D eigenvalue weighted by atomic mass is 10.3. The van der Waals surface area contributed by atoms with E-state index >= 15 is 0 Å². The van der Waals surface area contributed by atoms with E-state index < -0.39 is 21.6 Å². The number of primary sulfonamides is 1. The van der Waals surface area contributed by atoms with Crippen LogP contribution < -0.4 is 20.6 Å². The molecular formula is C16H15N5O4S. The molecule has 26 heavy (non-hydrogen) atoms. The molecule has 2 aromatic carbocycles. The number of methoxy groups -OCH3 is 1. The Balaban J connectivity index is 2.06. The molecule has 0 aromatic heterocycles. The van der Waals surface area contributed by atoms with Crippen LogP contribution in [0.2, 0.25) is 0 Å². The standard InChI is InChI=1S/C16H15N5O4S/c1-25-13-6-2-12(3-7-13)20-21-15(10-17)16(22)19-11-4-8-14(9-5-11)26(18,23)24/h2-9,20H,1H3,(H,19,22)(H2,18,23,24)/b21-15+. The number of rotatable bonds is 6. The number of anilines is 2. The molecule has 0 aliphatic carbocycles. The topological polar surface area (TPSA) is 147 Å². The lowest BCUT2D eigenvalue weighted by Gasteiger charge is -2.06. The summed E-state index contributed by atoms with van der Waals surface area (Å²) in [5.74, 6) is -0.0995. The fraction of sp³-hybridized carbons (Fsp3) is 0.0625. The molecule has 9 nitrogen and oxygen atoms in total. The summed E-state index contributed by atoms with van der Waals surface area (Å²) in [6.07, 6.45) is 0. The Hall–Kier alpha value is -3.42. The normalized spacial score (nSPS) is 11.3. The zero-order valence-electron chi connectivity index (χ0n) is 13.6. The van der Waals surface area contributed by atoms with Gasteiger partial charge in [0.2, 0.25) is 15.7 Å². The number of sulfonamides is 1. The van der Waals surface area contributed by atoms with Crippen LogP contribution in [-0.4, -0.2) is 27.1 Å². The molecule has 0 bridgehead atoms. The highest BCUT2D eigenvalue weighted by atomic mass is 32.2. The lowest BCUT2D eigenvalue weighted by Crippen LogP contribution is -2.22. The van der Waals surface area contributed by atoms with Crippen LogP contribution in [0.1, 0.15) is 0 Å². The highest BCUT2D eigenvalue weighted by Gasteiger charge is 2.13. The van der Waals surface area contributed by atoms with Crippen molar-refractivity contribution in [2.24, 2.45) is 10.2 Å². The van der Waals surface area contributed by atoms with Crippen LogP contribution in [-0.2, 0) is 14.8 Å². The molecule has 0 unspecified atom stereocenters. The Morgan fingerprint density at radius 3 is 2.19 bits per heavy atom. The number of amides is 1. The summed E-state index contributed by atoms with van der Waals surface area (Å²) in [6.45, 7) is 0. The molecule has 0 atom stereocenters. The third-order valence-corrected chi connectivity index (χ3v) is 4.08. The molecule has 0 heterocycles. The monoisotopic (exact) mass is 373 g/mol. The highest BCUT2D eigenvalue weighted by molar-refractivity contribution is 7.89. The van der Waals surface area contributed by atoms with E-state index in [0.717, 1.165) is 0 Å². The van der Waals surface area contributed by atoms with Crippen molar-refractivity contribution in [1.82, 2.24) is 0 Å². The fourth-order valence-corrected chi connectivity index (χ4v) is 2.35. The third-order valence-electron chi connectivity index (χ3n) is 3.15. The van der Waals surface area contributed by atoms with Gasteiger partial charge in [-0.25, -0.2) is 13.6 Å². The molecule has 0 aliphatic heterocycles. The molecule has 1 amide bonds. The van der Waals surface area contributed by atoms with Gasteiger partial charge in [0.1, 0.15) is 11.8 Å². The Labute approximate surface area is 150 Å². The molecule has 0 spiro atoms. The van der Waals surface area contributed by atoms with Gasteiger partial charge in [0.15, 0.2) is 0 Å². The van der Waals surface area contributed by atoms with Gasteiger partial charge < -0.3 is 10.1 Å². The minimum atomic E-state index is -3.82. The largest absolute Gasteiger partial charge is 0.497 e. The molecule has 0 saturated carbocycles. The summed E-state index contributed by atoms with van der Waals surface area (Å²) in [4.78, 5) is 12.0. The van der Waals surface area contributed by atoms with E-state index in [1.54, 1.807) is 30.3 Å². The van der Waals surface area contributed by atoms with E-state index in [2.05, 4.69) is 15.8 Å². The van der Waals surface area contributed by atoms with Crippen molar-refractivity contribution in [3.8, 4) is 11.8 Å². The molecule has 0 radical (unpaired) electrons. The average Bonchev–Trinajstić information content (AvgIpc) is 2.62.